The Labute approximate surface area is 100 Å². The van der Waals surface area contributed by atoms with Crippen molar-refractivity contribution in [2.75, 3.05) is 11.9 Å². The van der Waals surface area contributed by atoms with Crippen LogP contribution in [0.5, 0.6) is 0 Å². The predicted molar refractivity (Wildman–Crippen MR) is 65.8 cm³/mol. The first-order chi connectivity index (χ1) is 7.04. The molecule has 0 radical (unpaired) electrons. The SMILES string of the molecule is CC(C)C(CO)Nc1ccc(Cl)c(Cl)c1. The van der Waals surface area contributed by atoms with Crippen molar-refractivity contribution in [2.24, 2.45) is 5.92 Å². The minimum absolute atomic E-state index is 0.0299. The van der Waals surface area contributed by atoms with Crippen LogP contribution in [0.15, 0.2) is 18.2 Å². The van der Waals surface area contributed by atoms with Crippen molar-refractivity contribution in [1.29, 1.82) is 0 Å². The monoisotopic (exact) mass is 247 g/mol. The maximum Gasteiger partial charge on any atom is 0.0635 e. The predicted octanol–water partition coefficient (Wildman–Crippen LogP) is 3.42. The van der Waals surface area contributed by atoms with E-state index in [0.29, 0.717) is 16.0 Å². The molecule has 0 fully saturated rings. The van der Waals surface area contributed by atoms with Crippen molar-refractivity contribution in [3.63, 3.8) is 0 Å². The molecule has 2 nitrogen and oxygen atoms in total. The second kappa shape index (κ2) is 5.59. The summed E-state index contributed by atoms with van der Waals surface area (Å²) < 4.78 is 0. The van der Waals surface area contributed by atoms with Gasteiger partial charge in [-0.2, -0.15) is 0 Å². The molecule has 4 heteroatoms. The Morgan fingerprint density at radius 2 is 1.93 bits per heavy atom. The normalized spacial score (nSPS) is 12.9. The van der Waals surface area contributed by atoms with Gasteiger partial charge >= 0.3 is 0 Å². The van der Waals surface area contributed by atoms with E-state index in [1.54, 1.807) is 12.1 Å². The van der Waals surface area contributed by atoms with Crippen molar-refractivity contribution in [2.45, 2.75) is 19.9 Å². The largest absolute Gasteiger partial charge is 0.394 e. The molecule has 0 heterocycles. The summed E-state index contributed by atoms with van der Waals surface area (Å²) in [4.78, 5) is 0. The molecule has 1 unspecified atom stereocenters. The van der Waals surface area contributed by atoms with Crippen LogP contribution in [-0.2, 0) is 0 Å². The fraction of sp³-hybridized carbons (Fsp3) is 0.455. The van der Waals surface area contributed by atoms with Crippen LogP contribution in [0.4, 0.5) is 5.69 Å². The van der Waals surface area contributed by atoms with Crippen LogP contribution in [-0.4, -0.2) is 17.8 Å². The summed E-state index contributed by atoms with van der Waals surface area (Å²) in [6, 6.07) is 5.37. The van der Waals surface area contributed by atoms with E-state index in [1.165, 1.54) is 0 Å². The van der Waals surface area contributed by atoms with E-state index in [-0.39, 0.29) is 12.6 Å². The topological polar surface area (TPSA) is 32.3 Å². The van der Waals surface area contributed by atoms with Gasteiger partial charge in [-0.1, -0.05) is 37.0 Å². The highest BCUT2D eigenvalue weighted by Gasteiger charge is 2.11. The fourth-order valence-electron chi connectivity index (χ4n) is 1.22. The number of aliphatic hydroxyl groups excluding tert-OH is 1. The lowest BCUT2D eigenvalue weighted by molar-refractivity contribution is 0.249. The summed E-state index contributed by atoms with van der Waals surface area (Å²) >= 11 is 11.7. The fourth-order valence-corrected chi connectivity index (χ4v) is 1.52. The third kappa shape index (κ3) is 3.56. The molecule has 0 amide bonds. The van der Waals surface area contributed by atoms with Gasteiger partial charge in [0.05, 0.1) is 22.7 Å². The first kappa shape index (κ1) is 12.6. The van der Waals surface area contributed by atoms with Gasteiger partial charge in [0.1, 0.15) is 0 Å². The second-order valence-corrected chi connectivity index (χ2v) is 4.62. The van der Waals surface area contributed by atoms with E-state index in [9.17, 15) is 0 Å². The summed E-state index contributed by atoms with van der Waals surface area (Å²) in [5.41, 5.74) is 0.872. The molecule has 15 heavy (non-hydrogen) atoms. The van der Waals surface area contributed by atoms with Crippen LogP contribution in [0.3, 0.4) is 0 Å². The third-order valence-electron chi connectivity index (χ3n) is 2.27. The Bertz CT molecular complexity index is 328. The van der Waals surface area contributed by atoms with E-state index in [0.717, 1.165) is 5.69 Å². The Morgan fingerprint density at radius 3 is 2.40 bits per heavy atom. The molecular weight excluding hydrogens is 233 g/mol. The summed E-state index contributed by atoms with van der Waals surface area (Å²) in [6.45, 7) is 4.19. The molecule has 2 N–H and O–H groups in total. The van der Waals surface area contributed by atoms with Crippen LogP contribution in [0, 0.1) is 5.92 Å². The minimum Gasteiger partial charge on any atom is -0.394 e. The zero-order chi connectivity index (χ0) is 11.4. The molecular formula is C11H15Cl2NO. The third-order valence-corrected chi connectivity index (χ3v) is 3.01. The highest BCUT2D eigenvalue weighted by molar-refractivity contribution is 6.42. The highest BCUT2D eigenvalue weighted by atomic mass is 35.5. The molecule has 1 rings (SSSR count). The second-order valence-electron chi connectivity index (χ2n) is 3.81. The van der Waals surface area contributed by atoms with Crippen molar-refractivity contribution in [1.82, 2.24) is 0 Å². The number of aliphatic hydroxyl groups is 1. The van der Waals surface area contributed by atoms with Crippen molar-refractivity contribution in [3.8, 4) is 0 Å². The van der Waals surface area contributed by atoms with Gasteiger partial charge < -0.3 is 10.4 Å². The van der Waals surface area contributed by atoms with E-state index in [2.05, 4.69) is 5.32 Å². The Kier molecular flexibility index (Phi) is 4.71. The van der Waals surface area contributed by atoms with Crippen molar-refractivity contribution >= 4 is 28.9 Å². The molecule has 0 saturated carbocycles. The van der Waals surface area contributed by atoms with Gasteiger partial charge in [-0.3, -0.25) is 0 Å². The highest BCUT2D eigenvalue weighted by Crippen LogP contribution is 2.25. The number of hydrogen-bond acceptors (Lipinski definition) is 2. The van der Waals surface area contributed by atoms with Gasteiger partial charge in [-0.05, 0) is 24.1 Å². The molecule has 0 aliphatic carbocycles. The molecule has 0 bridgehead atoms. The molecule has 0 saturated heterocycles. The molecule has 0 aromatic heterocycles. The molecule has 1 atom stereocenters. The van der Waals surface area contributed by atoms with Crippen molar-refractivity contribution < 1.29 is 5.11 Å². The van der Waals surface area contributed by atoms with Gasteiger partial charge in [0, 0.05) is 5.69 Å². The summed E-state index contributed by atoms with van der Waals surface area (Å²) in [6.07, 6.45) is 0. The summed E-state index contributed by atoms with van der Waals surface area (Å²) in [7, 11) is 0. The van der Waals surface area contributed by atoms with Gasteiger partial charge in [0.2, 0.25) is 0 Å². The smallest absolute Gasteiger partial charge is 0.0635 e. The van der Waals surface area contributed by atoms with E-state index in [1.807, 2.05) is 19.9 Å². The Hall–Kier alpha value is -0.440. The molecule has 1 aromatic rings. The number of rotatable bonds is 4. The number of benzene rings is 1. The maximum absolute atomic E-state index is 9.16. The quantitative estimate of drug-likeness (QED) is 0.855. The molecule has 0 aliphatic heterocycles. The lowest BCUT2D eigenvalue weighted by Crippen LogP contribution is -2.29. The van der Waals surface area contributed by atoms with Crippen LogP contribution in [0.1, 0.15) is 13.8 Å². The van der Waals surface area contributed by atoms with Crippen LogP contribution < -0.4 is 5.32 Å². The van der Waals surface area contributed by atoms with Crippen LogP contribution in [0.25, 0.3) is 0 Å². The van der Waals surface area contributed by atoms with E-state index < -0.39 is 0 Å². The average Bonchev–Trinajstić information content (AvgIpc) is 2.19. The first-order valence-electron chi connectivity index (χ1n) is 4.87. The number of halogens is 2. The van der Waals surface area contributed by atoms with E-state index >= 15 is 0 Å². The lowest BCUT2D eigenvalue weighted by Gasteiger charge is -2.21. The average molecular weight is 248 g/mol. The number of nitrogens with one attached hydrogen (secondary N) is 1. The maximum atomic E-state index is 9.16. The van der Waals surface area contributed by atoms with Gasteiger partial charge in [0.25, 0.3) is 0 Å². The van der Waals surface area contributed by atoms with Gasteiger partial charge in [0.15, 0.2) is 0 Å². The van der Waals surface area contributed by atoms with Gasteiger partial charge in [-0.15, -0.1) is 0 Å². The number of hydrogen-bond donors (Lipinski definition) is 2. The molecule has 0 spiro atoms. The summed E-state index contributed by atoms with van der Waals surface area (Å²) in [5.74, 6) is 0.351. The van der Waals surface area contributed by atoms with Gasteiger partial charge in [-0.25, -0.2) is 0 Å². The zero-order valence-corrected chi connectivity index (χ0v) is 10.3. The first-order valence-corrected chi connectivity index (χ1v) is 5.62. The summed E-state index contributed by atoms with van der Waals surface area (Å²) in [5, 5.41) is 13.4. The number of anilines is 1. The lowest BCUT2D eigenvalue weighted by atomic mass is 10.1. The van der Waals surface area contributed by atoms with Crippen molar-refractivity contribution in [3.05, 3.63) is 28.2 Å². The zero-order valence-electron chi connectivity index (χ0n) is 8.80. The van der Waals surface area contributed by atoms with Crippen LogP contribution in [0.2, 0.25) is 10.0 Å². The van der Waals surface area contributed by atoms with Crippen LogP contribution >= 0.6 is 23.2 Å². The molecule has 0 aliphatic rings. The molecule has 1 aromatic carbocycles. The standard InChI is InChI=1S/C11H15Cl2NO/c1-7(2)11(6-15)14-8-3-4-9(12)10(13)5-8/h3-5,7,11,14-15H,6H2,1-2H3. The molecule has 84 valence electrons. The Balaban J connectivity index is 2.75. The minimum atomic E-state index is 0.0299. The van der Waals surface area contributed by atoms with E-state index in [4.69, 9.17) is 28.3 Å². The Morgan fingerprint density at radius 1 is 1.27 bits per heavy atom.